The molecule has 0 saturated carbocycles. The van der Waals surface area contributed by atoms with Gasteiger partial charge in [-0.2, -0.15) is 0 Å². The lowest BCUT2D eigenvalue weighted by molar-refractivity contribution is -0.116. The molecule has 1 fully saturated rings. The molecule has 1 aromatic rings. The van der Waals surface area contributed by atoms with Crippen molar-refractivity contribution in [3.8, 4) is 0 Å². The van der Waals surface area contributed by atoms with Crippen LogP contribution in [0.3, 0.4) is 0 Å². The van der Waals surface area contributed by atoms with Gasteiger partial charge in [0.25, 0.3) is 0 Å². The molecular formula is C10H11NOS. The van der Waals surface area contributed by atoms with Crippen molar-refractivity contribution in [2.45, 2.75) is 11.7 Å². The highest BCUT2D eigenvalue weighted by Gasteiger charge is 2.46. The molecule has 0 bridgehead atoms. The zero-order valence-electron chi connectivity index (χ0n) is 7.41. The zero-order chi connectivity index (χ0) is 9.31. The van der Waals surface area contributed by atoms with Crippen molar-refractivity contribution in [1.29, 1.82) is 0 Å². The highest BCUT2D eigenvalue weighted by Crippen LogP contribution is 2.44. The highest BCUT2D eigenvalue weighted by molar-refractivity contribution is 8.08. The summed E-state index contributed by atoms with van der Waals surface area (Å²) >= 11 is 1.69. The fourth-order valence-corrected chi connectivity index (χ4v) is 1.55. The highest BCUT2D eigenvalue weighted by atomic mass is 32.2. The Morgan fingerprint density at radius 2 is 2.08 bits per heavy atom. The van der Waals surface area contributed by atoms with Crippen molar-refractivity contribution in [2.24, 2.45) is 0 Å². The van der Waals surface area contributed by atoms with Gasteiger partial charge < -0.3 is 5.32 Å². The number of thioether (sulfide) groups is 1. The number of hydrogen-bond donors (Lipinski definition) is 1. The summed E-state index contributed by atoms with van der Waals surface area (Å²) in [6.07, 6.45) is 0. The molecule has 0 aromatic heterocycles. The smallest absolute Gasteiger partial charge is 0.241 e. The number of carbonyl (C=O) groups excluding carboxylic acids is 1. The van der Waals surface area contributed by atoms with Gasteiger partial charge in [-0.3, -0.25) is 4.79 Å². The van der Waals surface area contributed by atoms with E-state index in [0.29, 0.717) is 0 Å². The van der Waals surface area contributed by atoms with Crippen LogP contribution in [0, 0.1) is 0 Å². The first-order valence-electron chi connectivity index (χ1n) is 4.21. The third-order valence-electron chi connectivity index (χ3n) is 2.09. The minimum absolute atomic E-state index is 0.115. The summed E-state index contributed by atoms with van der Waals surface area (Å²) in [5.74, 6) is 1.05. The largest absolute Gasteiger partial charge is 0.325 e. The quantitative estimate of drug-likeness (QED) is 0.729. The maximum atomic E-state index is 11.6. The maximum absolute atomic E-state index is 11.6. The molecule has 0 aliphatic carbocycles. The number of para-hydroxylation sites is 1. The topological polar surface area (TPSA) is 29.1 Å². The lowest BCUT2D eigenvalue weighted by atomic mass is 10.2. The average molecular weight is 193 g/mol. The summed E-state index contributed by atoms with van der Waals surface area (Å²) in [6.45, 7) is 1.97. The second-order valence-corrected chi connectivity index (χ2v) is 4.82. The molecule has 68 valence electrons. The van der Waals surface area contributed by atoms with Gasteiger partial charge in [-0.05, 0) is 19.1 Å². The molecule has 2 nitrogen and oxygen atoms in total. The van der Waals surface area contributed by atoms with Gasteiger partial charge in [0.2, 0.25) is 5.91 Å². The van der Waals surface area contributed by atoms with E-state index in [0.717, 1.165) is 11.4 Å². The lowest BCUT2D eigenvalue weighted by Crippen LogP contribution is -2.26. The Hall–Kier alpha value is -0.960. The number of carbonyl (C=O) groups is 1. The van der Waals surface area contributed by atoms with E-state index in [-0.39, 0.29) is 10.7 Å². The van der Waals surface area contributed by atoms with E-state index in [4.69, 9.17) is 0 Å². The van der Waals surface area contributed by atoms with E-state index in [1.807, 2.05) is 37.3 Å². The van der Waals surface area contributed by atoms with Crippen LogP contribution < -0.4 is 5.32 Å². The summed E-state index contributed by atoms with van der Waals surface area (Å²) < 4.78 is -0.171. The summed E-state index contributed by atoms with van der Waals surface area (Å²) in [5.41, 5.74) is 0.876. The van der Waals surface area contributed by atoms with E-state index >= 15 is 0 Å². The second-order valence-electron chi connectivity index (χ2n) is 3.34. The zero-order valence-corrected chi connectivity index (χ0v) is 8.23. The number of rotatable bonds is 2. The van der Waals surface area contributed by atoms with Crippen LogP contribution in [-0.2, 0) is 4.79 Å². The third-order valence-corrected chi connectivity index (χ3v) is 3.43. The minimum Gasteiger partial charge on any atom is -0.325 e. The second kappa shape index (κ2) is 3.07. The van der Waals surface area contributed by atoms with Gasteiger partial charge in [-0.15, -0.1) is 11.8 Å². The summed E-state index contributed by atoms with van der Waals surface area (Å²) in [6, 6.07) is 9.56. The van der Waals surface area contributed by atoms with Crippen molar-refractivity contribution in [3.05, 3.63) is 30.3 Å². The molecular weight excluding hydrogens is 182 g/mol. The number of nitrogens with one attached hydrogen (secondary N) is 1. The Kier molecular flexibility index (Phi) is 2.04. The molecule has 13 heavy (non-hydrogen) atoms. The van der Waals surface area contributed by atoms with Gasteiger partial charge in [-0.1, -0.05) is 18.2 Å². The van der Waals surface area contributed by atoms with Crippen molar-refractivity contribution < 1.29 is 4.79 Å². The summed E-state index contributed by atoms with van der Waals surface area (Å²) in [7, 11) is 0. The van der Waals surface area contributed by atoms with Crippen LogP contribution in [0.2, 0.25) is 0 Å². The number of amides is 1. The SMILES string of the molecule is C[C@@]1(C(=O)Nc2ccccc2)CS1. The van der Waals surface area contributed by atoms with E-state index < -0.39 is 0 Å². The van der Waals surface area contributed by atoms with Crippen molar-refractivity contribution in [2.75, 3.05) is 11.1 Å². The van der Waals surface area contributed by atoms with Crippen molar-refractivity contribution in [1.82, 2.24) is 0 Å². The fourth-order valence-electron chi connectivity index (χ4n) is 1.02. The maximum Gasteiger partial charge on any atom is 0.241 e. The van der Waals surface area contributed by atoms with Crippen molar-refractivity contribution in [3.63, 3.8) is 0 Å². The van der Waals surface area contributed by atoms with E-state index in [9.17, 15) is 4.79 Å². The van der Waals surface area contributed by atoms with Crippen LogP contribution >= 0.6 is 11.8 Å². The summed E-state index contributed by atoms with van der Waals surface area (Å²) in [4.78, 5) is 11.6. The van der Waals surface area contributed by atoms with E-state index in [1.165, 1.54) is 0 Å². The van der Waals surface area contributed by atoms with Crippen LogP contribution in [0.1, 0.15) is 6.92 Å². The fraction of sp³-hybridized carbons (Fsp3) is 0.300. The third kappa shape index (κ3) is 1.86. The molecule has 2 rings (SSSR count). The predicted molar refractivity (Wildman–Crippen MR) is 55.9 cm³/mol. The Labute approximate surface area is 81.7 Å². The average Bonchev–Trinajstić information content (AvgIpc) is 2.87. The van der Waals surface area contributed by atoms with Gasteiger partial charge in [0.1, 0.15) is 4.75 Å². The number of benzene rings is 1. The first-order chi connectivity index (χ1) is 6.21. The molecule has 1 amide bonds. The molecule has 1 atom stereocenters. The van der Waals surface area contributed by atoms with E-state index in [1.54, 1.807) is 11.8 Å². The first-order valence-corrected chi connectivity index (χ1v) is 5.20. The Balaban J connectivity index is 2.03. The lowest BCUT2D eigenvalue weighted by Gasteiger charge is -2.07. The molecule has 1 heterocycles. The standard InChI is InChI=1S/C10H11NOS/c1-10(7-13-10)9(12)11-8-5-3-2-4-6-8/h2-6H,7H2,1H3,(H,11,12)/t10-/m0/s1. The van der Waals surface area contributed by atoms with Crippen LogP contribution in [0.5, 0.6) is 0 Å². The van der Waals surface area contributed by atoms with Crippen LogP contribution in [0.4, 0.5) is 5.69 Å². The van der Waals surface area contributed by atoms with Gasteiger partial charge in [0, 0.05) is 11.4 Å². The molecule has 3 heteroatoms. The molecule has 1 N–H and O–H groups in total. The first kappa shape index (κ1) is 8.63. The Morgan fingerprint density at radius 3 is 2.62 bits per heavy atom. The minimum atomic E-state index is -0.171. The Morgan fingerprint density at radius 1 is 1.46 bits per heavy atom. The molecule has 1 saturated heterocycles. The monoisotopic (exact) mass is 193 g/mol. The molecule has 1 aliphatic heterocycles. The van der Waals surface area contributed by atoms with E-state index in [2.05, 4.69) is 5.32 Å². The van der Waals surface area contributed by atoms with Crippen LogP contribution in [0.25, 0.3) is 0 Å². The molecule has 0 unspecified atom stereocenters. The molecule has 0 spiro atoms. The van der Waals surface area contributed by atoms with Gasteiger partial charge in [0.15, 0.2) is 0 Å². The van der Waals surface area contributed by atoms with Crippen LogP contribution in [0.15, 0.2) is 30.3 Å². The molecule has 1 aliphatic rings. The molecule has 0 radical (unpaired) electrons. The van der Waals surface area contributed by atoms with Crippen molar-refractivity contribution >= 4 is 23.4 Å². The van der Waals surface area contributed by atoms with Gasteiger partial charge >= 0.3 is 0 Å². The normalized spacial score (nSPS) is 25.3. The van der Waals surface area contributed by atoms with Gasteiger partial charge in [-0.25, -0.2) is 0 Å². The predicted octanol–water partition coefficient (Wildman–Crippen LogP) is 2.13. The van der Waals surface area contributed by atoms with Crippen LogP contribution in [-0.4, -0.2) is 16.4 Å². The number of hydrogen-bond acceptors (Lipinski definition) is 2. The van der Waals surface area contributed by atoms with Gasteiger partial charge in [0.05, 0.1) is 0 Å². The summed E-state index contributed by atoms with van der Waals surface area (Å²) in [5, 5.41) is 2.88. The number of anilines is 1. The molecule has 1 aromatic carbocycles. The Bertz CT molecular complexity index is 319.